The van der Waals surface area contributed by atoms with Gasteiger partial charge in [0.05, 0.1) is 6.54 Å². The molecule has 1 saturated heterocycles. The minimum Gasteiger partial charge on any atom is -0.356 e. The minimum absolute atomic E-state index is 0.0208. The Kier molecular flexibility index (Phi) is 13.0. The molecule has 0 radical (unpaired) electrons. The summed E-state index contributed by atoms with van der Waals surface area (Å²) < 4.78 is 0. The topological polar surface area (TPSA) is 147 Å². The minimum atomic E-state index is -0.424. The second-order valence-corrected chi connectivity index (χ2v) is 9.56. The molecule has 10 heteroatoms. The van der Waals surface area contributed by atoms with Gasteiger partial charge in [0.15, 0.2) is 5.78 Å². The van der Waals surface area contributed by atoms with Gasteiger partial charge in [0.1, 0.15) is 11.6 Å². The number of hydrogen-bond donors (Lipinski definition) is 2. The maximum atomic E-state index is 12.3. The lowest BCUT2D eigenvalue weighted by molar-refractivity contribution is -0.141. The summed E-state index contributed by atoms with van der Waals surface area (Å²) in [5.41, 5.74) is 0. The number of hydrogen-bond acceptors (Lipinski definition) is 7. The van der Waals surface area contributed by atoms with Gasteiger partial charge in [0.2, 0.25) is 23.6 Å². The largest absolute Gasteiger partial charge is 0.356 e. The van der Waals surface area contributed by atoms with E-state index >= 15 is 0 Å². The van der Waals surface area contributed by atoms with Gasteiger partial charge in [-0.2, -0.15) is 0 Å². The summed E-state index contributed by atoms with van der Waals surface area (Å²) in [5, 5.41) is 5.05. The Morgan fingerprint density at radius 3 is 2.00 bits per heavy atom. The van der Waals surface area contributed by atoms with Crippen molar-refractivity contribution in [3.05, 3.63) is 0 Å². The number of nitrogens with one attached hydrogen (secondary N) is 2. The van der Waals surface area contributed by atoms with Crippen LogP contribution >= 0.6 is 0 Å². The second-order valence-electron chi connectivity index (χ2n) is 9.56. The summed E-state index contributed by atoms with van der Waals surface area (Å²) >= 11 is 0. The average molecular weight is 494 g/mol. The van der Waals surface area contributed by atoms with Gasteiger partial charge in [-0.25, -0.2) is 0 Å². The molecule has 0 aromatic heterocycles. The first-order chi connectivity index (χ1) is 16.4. The number of rotatable bonds is 17. The third-order valence-electron chi connectivity index (χ3n) is 5.88. The van der Waals surface area contributed by atoms with Crippen molar-refractivity contribution in [1.82, 2.24) is 15.5 Å². The lowest BCUT2D eigenvalue weighted by Gasteiger charge is -2.18. The Bertz CT molecular complexity index is 820. The highest BCUT2D eigenvalue weighted by molar-refractivity contribution is 6.03. The summed E-state index contributed by atoms with van der Waals surface area (Å²) in [6.45, 7) is 7.18. The SMILES string of the molecule is CC(C)C(=O)CCNC(=O)CCC(=O)CNC(=O)CCC(=O)CCCC1CC(=O)N(C(C)C)C1=O. The van der Waals surface area contributed by atoms with E-state index in [1.165, 1.54) is 4.90 Å². The van der Waals surface area contributed by atoms with E-state index in [0.29, 0.717) is 12.8 Å². The lowest BCUT2D eigenvalue weighted by Crippen LogP contribution is -2.36. The summed E-state index contributed by atoms with van der Waals surface area (Å²) in [6, 6.07) is -0.171. The Hall–Kier alpha value is -2.91. The van der Waals surface area contributed by atoms with Crippen molar-refractivity contribution < 1.29 is 33.6 Å². The summed E-state index contributed by atoms with van der Waals surface area (Å²) in [6.07, 6.45) is 1.54. The van der Waals surface area contributed by atoms with Crippen molar-refractivity contribution in [1.29, 1.82) is 0 Å². The predicted molar refractivity (Wildman–Crippen MR) is 128 cm³/mol. The van der Waals surface area contributed by atoms with Gasteiger partial charge in [0.25, 0.3) is 0 Å². The molecule has 0 saturated carbocycles. The number of imide groups is 1. The molecule has 0 aliphatic carbocycles. The Labute approximate surface area is 206 Å². The van der Waals surface area contributed by atoms with E-state index in [1.54, 1.807) is 27.7 Å². The summed E-state index contributed by atoms with van der Waals surface area (Å²) in [7, 11) is 0. The maximum Gasteiger partial charge on any atom is 0.233 e. The van der Waals surface area contributed by atoms with Crippen LogP contribution in [0.5, 0.6) is 0 Å². The van der Waals surface area contributed by atoms with Crippen LogP contribution in [-0.2, 0) is 33.6 Å². The fourth-order valence-electron chi connectivity index (χ4n) is 3.74. The molecule has 35 heavy (non-hydrogen) atoms. The molecule has 0 aromatic carbocycles. The van der Waals surface area contributed by atoms with E-state index in [0.717, 1.165) is 0 Å². The molecule has 4 amide bonds. The summed E-state index contributed by atoms with van der Waals surface area (Å²) in [4.78, 5) is 84.5. The van der Waals surface area contributed by atoms with Crippen LogP contribution in [0.15, 0.2) is 0 Å². The molecule has 1 aliphatic rings. The van der Waals surface area contributed by atoms with Crippen LogP contribution in [-0.4, -0.2) is 65.0 Å². The third kappa shape index (κ3) is 11.4. The van der Waals surface area contributed by atoms with Crippen LogP contribution in [0.1, 0.15) is 85.5 Å². The molecule has 1 rings (SSSR count). The zero-order valence-electron chi connectivity index (χ0n) is 21.3. The number of carbonyl (C=O) groups excluding carboxylic acids is 7. The standard InChI is InChI=1S/C25H39N3O7/c1-16(2)21(31)12-13-26-22(32)11-9-20(30)15-27-23(33)10-8-19(29)7-5-6-18-14-24(34)28(17(3)4)25(18)35/h16-18H,5-15H2,1-4H3,(H,26,32)(H,27,33). The Morgan fingerprint density at radius 2 is 1.43 bits per heavy atom. The maximum absolute atomic E-state index is 12.3. The van der Waals surface area contributed by atoms with Crippen LogP contribution in [0.2, 0.25) is 0 Å². The van der Waals surface area contributed by atoms with Crippen molar-refractivity contribution >= 4 is 41.0 Å². The van der Waals surface area contributed by atoms with Gasteiger partial charge in [-0.05, 0) is 26.7 Å². The number of nitrogens with zero attached hydrogens (tertiary/aromatic N) is 1. The molecular weight excluding hydrogens is 454 g/mol. The molecule has 0 bridgehead atoms. The lowest BCUT2D eigenvalue weighted by atomic mass is 9.98. The van der Waals surface area contributed by atoms with E-state index in [2.05, 4.69) is 10.6 Å². The van der Waals surface area contributed by atoms with Crippen molar-refractivity contribution in [3.8, 4) is 0 Å². The monoisotopic (exact) mass is 493 g/mol. The first kappa shape index (κ1) is 30.1. The molecule has 196 valence electrons. The average Bonchev–Trinajstić information content (AvgIpc) is 3.07. The fourth-order valence-corrected chi connectivity index (χ4v) is 3.74. The van der Waals surface area contributed by atoms with Crippen molar-refractivity contribution in [2.75, 3.05) is 13.1 Å². The summed E-state index contributed by atoms with van der Waals surface area (Å²) in [5.74, 6) is -1.93. The molecule has 0 spiro atoms. The zero-order valence-corrected chi connectivity index (χ0v) is 21.3. The van der Waals surface area contributed by atoms with Gasteiger partial charge in [-0.15, -0.1) is 0 Å². The van der Waals surface area contributed by atoms with Crippen LogP contribution in [0.3, 0.4) is 0 Å². The van der Waals surface area contributed by atoms with Crippen LogP contribution in [0.4, 0.5) is 0 Å². The molecule has 1 aliphatic heterocycles. The molecule has 0 aromatic rings. The highest BCUT2D eigenvalue weighted by Gasteiger charge is 2.39. The number of carbonyl (C=O) groups is 7. The van der Waals surface area contributed by atoms with Crippen molar-refractivity contribution in [2.45, 2.75) is 91.5 Å². The van der Waals surface area contributed by atoms with Crippen LogP contribution in [0.25, 0.3) is 0 Å². The molecule has 1 unspecified atom stereocenters. The Balaban J connectivity index is 2.14. The van der Waals surface area contributed by atoms with E-state index < -0.39 is 5.91 Å². The molecule has 1 heterocycles. The highest BCUT2D eigenvalue weighted by atomic mass is 16.2. The van der Waals surface area contributed by atoms with Crippen molar-refractivity contribution in [2.24, 2.45) is 11.8 Å². The van der Waals surface area contributed by atoms with E-state index in [1.807, 2.05) is 0 Å². The van der Waals surface area contributed by atoms with E-state index in [4.69, 9.17) is 0 Å². The highest BCUT2D eigenvalue weighted by Crippen LogP contribution is 2.26. The molecule has 1 atom stereocenters. The number of ketones is 3. The number of likely N-dealkylation sites (tertiary alicyclic amines) is 1. The number of Topliss-reactive ketones (excluding diaryl/α,β-unsaturated/α-hetero) is 3. The van der Waals surface area contributed by atoms with Crippen LogP contribution in [0, 0.1) is 11.8 Å². The van der Waals surface area contributed by atoms with Gasteiger partial charge in [-0.1, -0.05) is 13.8 Å². The quantitative estimate of drug-likeness (QED) is 0.292. The van der Waals surface area contributed by atoms with Crippen LogP contribution < -0.4 is 10.6 Å². The van der Waals surface area contributed by atoms with E-state index in [-0.39, 0.29) is 111 Å². The predicted octanol–water partition coefficient (Wildman–Crippen LogP) is 1.49. The van der Waals surface area contributed by atoms with Crippen molar-refractivity contribution in [3.63, 3.8) is 0 Å². The fraction of sp³-hybridized carbons (Fsp3) is 0.720. The molecule has 1 fully saturated rings. The number of amides is 4. The van der Waals surface area contributed by atoms with Gasteiger partial charge in [-0.3, -0.25) is 38.5 Å². The van der Waals surface area contributed by atoms with Gasteiger partial charge >= 0.3 is 0 Å². The van der Waals surface area contributed by atoms with Gasteiger partial charge in [0, 0.05) is 69.4 Å². The smallest absolute Gasteiger partial charge is 0.233 e. The first-order valence-corrected chi connectivity index (χ1v) is 12.4. The first-order valence-electron chi connectivity index (χ1n) is 12.4. The van der Waals surface area contributed by atoms with E-state index in [9.17, 15) is 33.6 Å². The normalized spacial score (nSPS) is 15.6. The Morgan fingerprint density at radius 1 is 0.829 bits per heavy atom. The third-order valence-corrected chi connectivity index (χ3v) is 5.88. The zero-order chi connectivity index (χ0) is 26.5. The molecule has 2 N–H and O–H groups in total. The molecule has 10 nitrogen and oxygen atoms in total. The molecular formula is C25H39N3O7. The van der Waals surface area contributed by atoms with Gasteiger partial charge < -0.3 is 10.6 Å². The second kappa shape index (κ2) is 15.2.